The Morgan fingerprint density at radius 3 is 1.39 bits per heavy atom. The molecule has 6 rings (SSSR count). The lowest BCUT2D eigenvalue weighted by Crippen LogP contribution is -2.22. The summed E-state index contributed by atoms with van der Waals surface area (Å²) in [5.74, 6) is -5.90. The van der Waals surface area contributed by atoms with Gasteiger partial charge in [-0.25, -0.2) is 18.7 Å². The van der Waals surface area contributed by atoms with Crippen molar-refractivity contribution in [2.75, 3.05) is 26.4 Å². The number of pyridine rings is 2. The predicted molar refractivity (Wildman–Crippen MR) is 183 cm³/mol. The maximum absolute atomic E-state index is 14.0. The van der Waals surface area contributed by atoms with Crippen LogP contribution in [0.2, 0.25) is 0 Å². The van der Waals surface area contributed by atoms with E-state index in [1.54, 1.807) is 6.92 Å². The van der Waals surface area contributed by atoms with E-state index in [1.807, 2.05) is 0 Å². The van der Waals surface area contributed by atoms with Crippen molar-refractivity contribution >= 4 is 22.9 Å². The second-order valence-electron chi connectivity index (χ2n) is 10.6. The van der Waals surface area contributed by atoms with E-state index in [-0.39, 0.29) is 61.9 Å². The van der Waals surface area contributed by atoms with Gasteiger partial charge < -0.3 is 19.3 Å². The summed E-state index contributed by atoms with van der Waals surface area (Å²) in [7, 11) is 0. The van der Waals surface area contributed by atoms with Gasteiger partial charge in [0, 0.05) is 30.1 Å². The summed E-state index contributed by atoms with van der Waals surface area (Å²) in [6, 6.07) is 6.83. The van der Waals surface area contributed by atoms with Gasteiger partial charge in [0.15, 0.2) is 36.1 Å². The zero-order valence-electron chi connectivity index (χ0n) is 28.5. The molecule has 0 atom stereocenters. The highest BCUT2D eigenvalue weighted by atomic mass is 35.5. The van der Waals surface area contributed by atoms with Crippen LogP contribution in [0.3, 0.4) is 0 Å². The number of aliphatic hydroxyl groups is 1. The maximum Gasteiger partial charge on any atom is 0.422 e. The van der Waals surface area contributed by atoms with Gasteiger partial charge >= 0.3 is 23.8 Å². The highest BCUT2D eigenvalue weighted by Crippen LogP contribution is 2.32. The van der Waals surface area contributed by atoms with Gasteiger partial charge in [-0.3, -0.25) is 0 Å². The fourth-order valence-corrected chi connectivity index (χ4v) is 4.25. The van der Waals surface area contributed by atoms with Crippen LogP contribution in [0.1, 0.15) is 40.3 Å². The number of fused-ring (bicyclic) bond motifs is 2. The molecule has 0 aliphatic carbocycles. The standard InChI is InChI=1S/C15H11F6N5O2.C13H6ClF6N5O.C2H6O.2CH4/c1-2-28-15(20,21)13-24-23-11-4-3-10(25-26(11)13)8-5-9(16)12(22-6-8)27-7-14(17,18)19;14-13(19,20)11-23-22-9-2-1-8(24-25(9)11)6-3-7(15)10(21-4-6)26-5-12(16,17)18;1-2-3;;/h3-6H,2,7H2,1H3;1-4H,5H2;3H,2H2,1H3;2*1H4. The van der Waals surface area contributed by atoms with Gasteiger partial charge in [0.25, 0.3) is 17.6 Å². The number of alkyl halides is 11. The Kier molecular flexibility index (Phi) is 16.7. The highest BCUT2D eigenvalue weighted by molar-refractivity contribution is 6.21. The molecular formula is C32H31ClF12N10O4. The first-order valence-electron chi connectivity index (χ1n) is 15.4. The van der Waals surface area contributed by atoms with Crippen LogP contribution < -0.4 is 9.47 Å². The number of ether oxygens (including phenoxy) is 3. The van der Waals surface area contributed by atoms with E-state index < -0.39 is 72.1 Å². The van der Waals surface area contributed by atoms with E-state index >= 15 is 0 Å². The smallest absolute Gasteiger partial charge is 0.422 e. The Hall–Kier alpha value is -5.63. The SMILES string of the molecule is C.C.CCO.CCOC(F)(F)c1nnc2ccc(-c3cnc(OCC(F)(F)F)c(F)c3)nn12.Fc1cc(-c2ccc3nnc(C(F)(F)Cl)n3n2)cnc1OCC(F)(F)F. The Morgan fingerprint density at radius 1 is 0.644 bits per heavy atom. The van der Waals surface area contributed by atoms with Crippen LogP contribution in [0, 0.1) is 11.6 Å². The normalized spacial score (nSPS) is 11.8. The molecule has 0 aliphatic heterocycles. The molecular weight excluding hydrogens is 852 g/mol. The monoisotopic (exact) mass is 882 g/mol. The molecule has 0 saturated carbocycles. The molecule has 0 spiro atoms. The Bertz CT molecular complexity index is 2290. The number of nitrogens with zero attached hydrogens (tertiary/aromatic N) is 10. The van der Waals surface area contributed by atoms with Crippen molar-refractivity contribution in [2.24, 2.45) is 0 Å². The summed E-state index contributed by atoms with van der Waals surface area (Å²) in [4.78, 5) is 6.92. The average molecular weight is 883 g/mol. The van der Waals surface area contributed by atoms with E-state index in [1.165, 1.54) is 31.2 Å². The van der Waals surface area contributed by atoms with Crippen molar-refractivity contribution in [1.29, 1.82) is 0 Å². The molecule has 27 heteroatoms. The second-order valence-corrected chi connectivity index (χ2v) is 11.1. The third-order valence-corrected chi connectivity index (χ3v) is 6.49. The number of rotatable bonds is 10. The molecule has 59 heavy (non-hydrogen) atoms. The summed E-state index contributed by atoms with van der Waals surface area (Å²) in [6.07, 6.45) is -11.1. The minimum absolute atomic E-state index is 0. The van der Waals surface area contributed by atoms with E-state index in [2.05, 4.69) is 54.8 Å². The third-order valence-electron chi connectivity index (χ3n) is 6.32. The second kappa shape index (κ2) is 19.9. The lowest BCUT2D eigenvalue weighted by molar-refractivity contribution is -0.252. The summed E-state index contributed by atoms with van der Waals surface area (Å²) in [5.41, 5.74) is -0.0679. The van der Waals surface area contributed by atoms with Crippen LogP contribution in [0.15, 0.2) is 48.8 Å². The van der Waals surface area contributed by atoms with Crippen molar-refractivity contribution in [1.82, 2.24) is 49.6 Å². The van der Waals surface area contributed by atoms with Crippen LogP contribution in [0.5, 0.6) is 11.8 Å². The van der Waals surface area contributed by atoms with Crippen LogP contribution in [-0.4, -0.2) is 93.5 Å². The van der Waals surface area contributed by atoms with E-state index in [0.29, 0.717) is 4.52 Å². The fraction of sp³-hybridized carbons (Fsp3) is 0.375. The van der Waals surface area contributed by atoms with Gasteiger partial charge in [-0.15, -0.1) is 20.4 Å². The largest absolute Gasteiger partial charge is 0.466 e. The van der Waals surface area contributed by atoms with E-state index in [9.17, 15) is 52.7 Å². The van der Waals surface area contributed by atoms with Gasteiger partial charge in [-0.1, -0.05) is 14.9 Å². The van der Waals surface area contributed by atoms with Crippen molar-refractivity contribution in [2.45, 2.75) is 52.5 Å². The van der Waals surface area contributed by atoms with Gasteiger partial charge in [-0.05, 0) is 61.8 Å². The molecule has 0 bridgehead atoms. The molecule has 14 nitrogen and oxygen atoms in total. The molecule has 0 unspecified atom stereocenters. The molecule has 0 amide bonds. The average Bonchev–Trinajstić information content (AvgIpc) is 3.75. The van der Waals surface area contributed by atoms with Gasteiger partial charge in [0.05, 0.1) is 18.0 Å². The third kappa shape index (κ3) is 13.2. The van der Waals surface area contributed by atoms with Gasteiger partial charge in [0.1, 0.15) is 0 Å². The molecule has 6 aromatic heterocycles. The highest BCUT2D eigenvalue weighted by Gasteiger charge is 2.39. The predicted octanol–water partition coefficient (Wildman–Crippen LogP) is 8.18. The number of hydrogen-bond acceptors (Lipinski definition) is 12. The van der Waals surface area contributed by atoms with Crippen molar-refractivity contribution in [3.63, 3.8) is 0 Å². The molecule has 0 aromatic carbocycles. The number of hydrogen-bond donors (Lipinski definition) is 1. The number of aliphatic hydroxyl groups excluding tert-OH is 1. The van der Waals surface area contributed by atoms with Gasteiger partial charge in [-0.2, -0.15) is 63.1 Å². The van der Waals surface area contributed by atoms with E-state index in [0.717, 1.165) is 29.0 Å². The first kappa shape index (κ1) is 49.5. The molecule has 0 aliphatic rings. The summed E-state index contributed by atoms with van der Waals surface area (Å²) < 4.78 is 169. The number of aromatic nitrogens is 10. The Morgan fingerprint density at radius 2 is 1.03 bits per heavy atom. The minimum atomic E-state index is -4.66. The lowest BCUT2D eigenvalue weighted by atomic mass is 10.2. The summed E-state index contributed by atoms with van der Waals surface area (Å²) in [6.45, 7) is -0.421. The van der Waals surface area contributed by atoms with Crippen LogP contribution in [0.4, 0.5) is 52.7 Å². The quantitative estimate of drug-likeness (QED) is 0.104. The first-order chi connectivity index (χ1) is 26.6. The zero-order valence-corrected chi connectivity index (χ0v) is 29.3. The molecule has 6 heterocycles. The number of halogens is 13. The van der Waals surface area contributed by atoms with Crippen LogP contribution >= 0.6 is 11.6 Å². The Labute approximate surface area is 329 Å². The first-order valence-corrected chi connectivity index (χ1v) is 15.8. The summed E-state index contributed by atoms with van der Waals surface area (Å²) in [5, 5.41) is 25.1. The zero-order chi connectivity index (χ0) is 42.3. The molecule has 0 saturated heterocycles. The van der Waals surface area contributed by atoms with Gasteiger partial charge in [0.2, 0.25) is 5.82 Å². The Balaban J connectivity index is 0.000000370. The topological polar surface area (TPSA) is 160 Å². The van der Waals surface area contributed by atoms with Crippen molar-refractivity contribution in [3.05, 3.63) is 72.1 Å². The van der Waals surface area contributed by atoms with Crippen LogP contribution in [0.25, 0.3) is 33.8 Å². The minimum Gasteiger partial charge on any atom is -0.466 e. The molecule has 0 fully saturated rings. The maximum atomic E-state index is 14.0. The molecule has 6 aromatic rings. The lowest BCUT2D eigenvalue weighted by Gasteiger charge is -2.13. The molecule has 0 radical (unpaired) electrons. The molecule has 1 N–H and O–H groups in total. The summed E-state index contributed by atoms with van der Waals surface area (Å²) >= 11 is 4.92. The van der Waals surface area contributed by atoms with Crippen LogP contribution in [-0.2, 0) is 16.2 Å². The van der Waals surface area contributed by atoms with Crippen molar-refractivity contribution in [3.8, 4) is 34.3 Å². The fourth-order valence-electron chi connectivity index (χ4n) is 4.13. The van der Waals surface area contributed by atoms with E-state index in [4.69, 9.17) is 16.7 Å². The van der Waals surface area contributed by atoms with Crippen molar-refractivity contribution < 1.29 is 72.0 Å². The molecule has 324 valence electrons.